The fourth-order valence-electron chi connectivity index (χ4n) is 1.60. The number of benzene rings is 1. The van der Waals surface area contributed by atoms with Gasteiger partial charge < -0.3 is 5.32 Å². The van der Waals surface area contributed by atoms with Crippen molar-refractivity contribution >= 4 is 23.1 Å². The molecule has 0 unspecified atom stereocenters. The number of nitrogens with one attached hydrogen (secondary N) is 1. The Hall–Kier alpha value is -2.63. The largest absolute Gasteiger partial charge is 0.338 e. The van der Waals surface area contributed by atoms with Gasteiger partial charge in [-0.1, -0.05) is 11.6 Å². The van der Waals surface area contributed by atoms with Crippen LogP contribution in [0.3, 0.4) is 0 Å². The zero-order valence-corrected chi connectivity index (χ0v) is 11.7. The molecule has 0 saturated carbocycles. The third-order valence-corrected chi connectivity index (χ3v) is 3.05. The molecule has 0 aliphatic carbocycles. The molecule has 0 aliphatic heterocycles. The number of halogens is 1. The van der Waals surface area contributed by atoms with Crippen molar-refractivity contribution in [3.8, 4) is 12.1 Å². The minimum Gasteiger partial charge on any atom is -0.338 e. The molecule has 1 aromatic heterocycles. The van der Waals surface area contributed by atoms with Crippen molar-refractivity contribution in [2.24, 2.45) is 0 Å². The third kappa shape index (κ3) is 2.69. The zero-order valence-electron chi connectivity index (χ0n) is 10.9. The Balaban J connectivity index is 2.39. The molecule has 2 aromatic rings. The van der Waals surface area contributed by atoms with Crippen LogP contribution in [0.25, 0.3) is 0 Å². The topological polar surface area (TPSA) is 85.4 Å². The van der Waals surface area contributed by atoms with Gasteiger partial charge in [-0.05, 0) is 32.0 Å². The van der Waals surface area contributed by atoms with Gasteiger partial charge in [0.1, 0.15) is 12.1 Å². The molecule has 0 radical (unpaired) electrons. The summed E-state index contributed by atoms with van der Waals surface area (Å²) in [5.41, 5.74) is 2.78. The molecule has 1 aromatic carbocycles. The molecule has 6 heteroatoms. The Morgan fingerprint density at radius 2 is 1.70 bits per heavy atom. The SMILES string of the molecule is Cc1nc(Cl)c(Nc2ccc(C#N)c(C#N)c2)nc1C. The summed E-state index contributed by atoms with van der Waals surface area (Å²) in [4.78, 5) is 8.48. The van der Waals surface area contributed by atoms with Gasteiger partial charge >= 0.3 is 0 Å². The molecule has 1 N–H and O–H groups in total. The Labute approximate surface area is 121 Å². The smallest absolute Gasteiger partial charge is 0.172 e. The third-order valence-electron chi connectivity index (χ3n) is 2.79. The van der Waals surface area contributed by atoms with Crippen molar-refractivity contribution in [1.82, 2.24) is 9.97 Å². The van der Waals surface area contributed by atoms with E-state index >= 15 is 0 Å². The highest BCUT2D eigenvalue weighted by molar-refractivity contribution is 6.31. The number of nitrogens with zero attached hydrogens (tertiary/aromatic N) is 4. The Kier molecular flexibility index (Phi) is 3.84. The second kappa shape index (κ2) is 5.56. The normalized spacial score (nSPS) is 9.65. The predicted molar refractivity (Wildman–Crippen MR) is 75.7 cm³/mol. The average molecular weight is 284 g/mol. The molecule has 20 heavy (non-hydrogen) atoms. The second-order valence-corrected chi connectivity index (χ2v) is 4.50. The lowest BCUT2D eigenvalue weighted by Crippen LogP contribution is -2.01. The standard InChI is InChI=1S/C14H10ClN5/c1-8-9(2)19-14(13(15)18-8)20-12-4-3-10(6-16)11(5-12)7-17/h3-5H,1-2H3,(H,19,20). The van der Waals surface area contributed by atoms with E-state index in [1.54, 1.807) is 18.2 Å². The molecule has 0 fully saturated rings. The number of hydrogen-bond donors (Lipinski definition) is 1. The number of anilines is 2. The summed E-state index contributed by atoms with van der Waals surface area (Å²) in [5, 5.41) is 21.1. The number of aryl methyl sites for hydroxylation is 2. The van der Waals surface area contributed by atoms with E-state index < -0.39 is 0 Å². The maximum atomic E-state index is 8.99. The molecule has 0 spiro atoms. The maximum absolute atomic E-state index is 8.99. The molecule has 0 bridgehead atoms. The first kappa shape index (κ1) is 13.8. The van der Waals surface area contributed by atoms with Gasteiger partial charge in [-0.3, -0.25) is 0 Å². The minimum atomic E-state index is 0.260. The molecule has 0 aliphatic rings. The zero-order chi connectivity index (χ0) is 14.7. The summed E-state index contributed by atoms with van der Waals surface area (Å²) in [7, 11) is 0. The van der Waals surface area contributed by atoms with Gasteiger partial charge in [-0.15, -0.1) is 0 Å². The van der Waals surface area contributed by atoms with Crippen LogP contribution in [0.4, 0.5) is 11.5 Å². The van der Waals surface area contributed by atoms with Gasteiger partial charge in [0.05, 0.1) is 22.5 Å². The van der Waals surface area contributed by atoms with Crippen LogP contribution in [0.1, 0.15) is 22.5 Å². The fourth-order valence-corrected chi connectivity index (χ4v) is 1.82. The van der Waals surface area contributed by atoms with E-state index in [4.69, 9.17) is 22.1 Å². The minimum absolute atomic E-state index is 0.260. The van der Waals surface area contributed by atoms with Crippen LogP contribution in [0.5, 0.6) is 0 Å². The van der Waals surface area contributed by atoms with Crippen molar-refractivity contribution in [2.45, 2.75) is 13.8 Å². The monoisotopic (exact) mass is 283 g/mol. The van der Waals surface area contributed by atoms with Crippen molar-refractivity contribution in [2.75, 3.05) is 5.32 Å². The van der Waals surface area contributed by atoms with Crippen molar-refractivity contribution < 1.29 is 0 Å². The number of rotatable bonds is 2. The number of aromatic nitrogens is 2. The lowest BCUT2D eigenvalue weighted by Gasteiger charge is -2.09. The average Bonchev–Trinajstić information content (AvgIpc) is 2.44. The van der Waals surface area contributed by atoms with E-state index in [9.17, 15) is 0 Å². The summed E-state index contributed by atoms with van der Waals surface area (Å²) >= 11 is 6.03. The maximum Gasteiger partial charge on any atom is 0.172 e. The van der Waals surface area contributed by atoms with Gasteiger partial charge in [-0.2, -0.15) is 10.5 Å². The number of nitriles is 2. The first-order chi connectivity index (χ1) is 9.55. The quantitative estimate of drug-likeness (QED) is 0.914. The van der Waals surface area contributed by atoms with Gasteiger partial charge in [0.25, 0.3) is 0 Å². The van der Waals surface area contributed by atoms with Crippen molar-refractivity contribution in [1.29, 1.82) is 10.5 Å². The van der Waals surface area contributed by atoms with Crippen LogP contribution in [-0.4, -0.2) is 9.97 Å². The van der Waals surface area contributed by atoms with Crippen molar-refractivity contribution in [3.63, 3.8) is 0 Å². The van der Waals surface area contributed by atoms with Crippen LogP contribution in [0, 0.1) is 36.5 Å². The van der Waals surface area contributed by atoms with Crippen LogP contribution in [0.15, 0.2) is 18.2 Å². The molecule has 98 valence electrons. The van der Waals surface area contributed by atoms with Gasteiger partial charge in [-0.25, -0.2) is 9.97 Å². The lowest BCUT2D eigenvalue weighted by atomic mass is 10.1. The van der Waals surface area contributed by atoms with Crippen LogP contribution in [0.2, 0.25) is 5.15 Å². The van der Waals surface area contributed by atoms with Gasteiger partial charge in [0.2, 0.25) is 0 Å². The number of hydrogen-bond acceptors (Lipinski definition) is 5. The second-order valence-electron chi connectivity index (χ2n) is 4.14. The predicted octanol–water partition coefficient (Wildman–Crippen LogP) is 3.23. The molecular formula is C14H10ClN5. The van der Waals surface area contributed by atoms with E-state index in [0.29, 0.717) is 22.6 Å². The van der Waals surface area contributed by atoms with Crippen LogP contribution >= 0.6 is 11.6 Å². The van der Waals surface area contributed by atoms with E-state index in [-0.39, 0.29) is 5.15 Å². The first-order valence-corrected chi connectivity index (χ1v) is 6.15. The summed E-state index contributed by atoms with van der Waals surface area (Å²) < 4.78 is 0. The molecule has 2 rings (SSSR count). The summed E-state index contributed by atoms with van der Waals surface area (Å²) in [6.07, 6.45) is 0. The van der Waals surface area contributed by atoms with Gasteiger partial charge in [0.15, 0.2) is 11.0 Å². The Morgan fingerprint density at radius 3 is 2.35 bits per heavy atom. The molecule has 0 atom stereocenters. The van der Waals surface area contributed by atoms with Crippen LogP contribution < -0.4 is 5.32 Å². The molecule has 5 nitrogen and oxygen atoms in total. The van der Waals surface area contributed by atoms with E-state index in [1.807, 2.05) is 26.0 Å². The first-order valence-electron chi connectivity index (χ1n) is 5.77. The molecule has 0 amide bonds. The fraction of sp³-hybridized carbons (Fsp3) is 0.143. The molecular weight excluding hydrogens is 274 g/mol. The molecule has 1 heterocycles. The van der Waals surface area contributed by atoms with Crippen molar-refractivity contribution in [3.05, 3.63) is 45.9 Å². The Morgan fingerprint density at radius 1 is 1.05 bits per heavy atom. The highest BCUT2D eigenvalue weighted by atomic mass is 35.5. The summed E-state index contributed by atoms with van der Waals surface area (Å²) in [6.45, 7) is 3.66. The Bertz CT molecular complexity index is 755. The van der Waals surface area contributed by atoms with E-state index in [2.05, 4.69) is 15.3 Å². The van der Waals surface area contributed by atoms with Crippen LogP contribution in [-0.2, 0) is 0 Å². The highest BCUT2D eigenvalue weighted by Gasteiger charge is 2.09. The van der Waals surface area contributed by atoms with Gasteiger partial charge in [0, 0.05) is 5.69 Å². The molecule has 0 saturated heterocycles. The summed E-state index contributed by atoms with van der Waals surface area (Å²) in [5.74, 6) is 0.420. The van der Waals surface area contributed by atoms with E-state index in [1.165, 1.54) is 0 Å². The van der Waals surface area contributed by atoms with E-state index in [0.717, 1.165) is 11.4 Å². The summed E-state index contributed by atoms with van der Waals surface area (Å²) in [6, 6.07) is 8.77. The highest BCUT2D eigenvalue weighted by Crippen LogP contribution is 2.24. The lowest BCUT2D eigenvalue weighted by molar-refractivity contribution is 1.05.